The van der Waals surface area contributed by atoms with Gasteiger partial charge in [0.25, 0.3) is 0 Å². The molecule has 20 heavy (non-hydrogen) atoms. The summed E-state index contributed by atoms with van der Waals surface area (Å²) in [4.78, 5) is 14.4. The van der Waals surface area contributed by atoms with Crippen LogP contribution in [0.2, 0.25) is 0 Å². The maximum atomic E-state index is 11.9. The van der Waals surface area contributed by atoms with Crippen molar-refractivity contribution < 1.29 is 14.3 Å². The van der Waals surface area contributed by atoms with E-state index in [1.54, 1.807) is 0 Å². The predicted octanol–water partition coefficient (Wildman–Crippen LogP) is 2.16. The summed E-state index contributed by atoms with van der Waals surface area (Å²) in [5.74, 6) is 0. The van der Waals surface area contributed by atoms with E-state index in [-0.39, 0.29) is 11.6 Å². The summed E-state index contributed by atoms with van der Waals surface area (Å²) in [6.07, 6.45) is 4.49. The van der Waals surface area contributed by atoms with Gasteiger partial charge in [-0.3, -0.25) is 4.90 Å². The van der Waals surface area contributed by atoms with Crippen molar-refractivity contribution >= 4 is 6.09 Å². The molecule has 1 saturated carbocycles. The van der Waals surface area contributed by atoms with E-state index in [0.717, 1.165) is 39.1 Å². The van der Waals surface area contributed by atoms with Crippen molar-refractivity contribution in [2.45, 2.75) is 57.6 Å². The monoisotopic (exact) mass is 284 g/mol. The Morgan fingerprint density at radius 2 is 1.85 bits per heavy atom. The molecule has 2 aliphatic rings. The van der Waals surface area contributed by atoms with Crippen LogP contribution in [0.15, 0.2) is 0 Å². The number of nitrogens with zero attached hydrogens (tertiary/aromatic N) is 1. The van der Waals surface area contributed by atoms with Crippen LogP contribution in [-0.4, -0.2) is 55.0 Å². The second-order valence-corrected chi connectivity index (χ2v) is 6.89. The lowest BCUT2D eigenvalue weighted by Gasteiger charge is -2.43. The number of nitrogens with one attached hydrogen (secondary N) is 1. The molecule has 5 nitrogen and oxygen atoms in total. The second kappa shape index (κ2) is 6.31. The number of amides is 1. The second-order valence-electron chi connectivity index (χ2n) is 6.89. The van der Waals surface area contributed by atoms with Gasteiger partial charge in [-0.15, -0.1) is 0 Å². The summed E-state index contributed by atoms with van der Waals surface area (Å²) in [7, 11) is 0. The standard InChI is InChI=1S/C15H28N2O3/c1-14(2,3)20-13(18)16-12-15(6-4-5-7-15)17-8-10-19-11-9-17/h4-12H2,1-3H3,(H,16,18). The molecule has 116 valence electrons. The molecule has 1 aliphatic heterocycles. The molecule has 1 saturated heterocycles. The van der Waals surface area contributed by atoms with E-state index in [2.05, 4.69) is 10.2 Å². The van der Waals surface area contributed by atoms with Gasteiger partial charge in [-0.1, -0.05) is 12.8 Å². The van der Waals surface area contributed by atoms with Crippen LogP contribution in [0, 0.1) is 0 Å². The molecule has 0 unspecified atom stereocenters. The Labute approximate surface area is 122 Å². The molecular formula is C15H28N2O3. The third-order valence-corrected chi connectivity index (χ3v) is 4.18. The quantitative estimate of drug-likeness (QED) is 0.863. The van der Waals surface area contributed by atoms with E-state index >= 15 is 0 Å². The average Bonchev–Trinajstić information content (AvgIpc) is 2.85. The molecule has 0 aromatic carbocycles. The summed E-state index contributed by atoms with van der Waals surface area (Å²) >= 11 is 0. The molecular weight excluding hydrogens is 256 g/mol. The largest absolute Gasteiger partial charge is 0.444 e. The highest BCUT2D eigenvalue weighted by Crippen LogP contribution is 2.35. The van der Waals surface area contributed by atoms with Crippen LogP contribution in [0.3, 0.4) is 0 Å². The Kier molecular flexibility index (Phi) is 4.91. The van der Waals surface area contributed by atoms with Gasteiger partial charge in [-0.25, -0.2) is 4.79 Å². The third-order valence-electron chi connectivity index (χ3n) is 4.18. The highest BCUT2D eigenvalue weighted by molar-refractivity contribution is 5.67. The normalized spacial score (nSPS) is 23.6. The predicted molar refractivity (Wildman–Crippen MR) is 77.8 cm³/mol. The Bertz CT molecular complexity index is 327. The summed E-state index contributed by atoms with van der Waals surface area (Å²) in [6, 6.07) is 0. The zero-order chi connectivity index (χ0) is 14.6. The van der Waals surface area contributed by atoms with Gasteiger partial charge in [0.2, 0.25) is 0 Å². The number of hydrogen-bond acceptors (Lipinski definition) is 4. The van der Waals surface area contributed by atoms with Crippen molar-refractivity contribution in [1.82, 2.24) is 10.2 Å². The maximum Gasteiger partial charge on any atom is 0.407 e. The lowest BCUT2D eigenvalue weighted by molar-refractivity contribution is -0.0216. The lowest BCUT2D eigenvalue weighted by atomic mass is 9.94. The Morgan fingerprint density at radius 3 is 2.40 bits per heavy atom. The molecule has 0 atom stereocenters. The summed E-state index contributed by atoms with van der Waals surface area (Å²) in [6.45, 7) is 9.88. The average molecular weight is 284 g/mol. The van der Waals surface area contributed by atoms with Crippen molar-refractivity contribution in [2.24, 2.45) is 0 Å². The van der Waals surface area contributed by atoms with Gasteiger partial charge in [-0.2, -0.15) is 0 Å². The first-order valence-electron chi connectivity index (χ1n) is 7.71. The molecule has 0 radical (unpaired) electrons. The molecule has 2 rings (SSSR count). The Morgan fingerprint density at radius 1 is 1.25 bits per heavy atom. The third kappa shape index (κ3) is 4.09. The number of carbonyl (C=O) groups excluding carboxylic acids is 1. The summed E-state index contributed by atoms with van der Waals surface area (Å²) in [5, 5.41) is 2.98. The van der Waals surface area contributed by atoms with Crippen LogP contribution in [0.25, 0.3) is 0 Å². The molecule has 1 N–H and O–H groups in total. The number of rotatable bonds is 3. The van der Waals surface area contributed by atoms with Gasteiger partial charge in [0.15, 0.2) is 0 Å². The zero-order valence-electron chi connectivity index (χ0n) is 13.0. The van der Waals surface area contributed by atoms with E-state index in [9.17, 15) is 4.79 Å². The van der Waals surface area contributed by atoms with Crippen LogP contribution >= 0.6 is 0 Å². The van der Waals surface area contributed by atoms with E-state index in [1.165, 1.54) is 12.8 Å². The van der Waals surface area contributed by atoms with Gasteiger partial charge < -0.3 is 14.8 Å². The molecule has 0 spiro atoms. The number of hydrogen-bond donors (Lipinski definition) is 1. The van der Waals surface area contributed by atoms with Crippen LogP contribution < -0.4 is 5.32 Å². The van der Waals surface area contributed by atoms with Gasteiger partial charge in [-0.05, 0) is 33.6 Å². The lowest BCUT2D eigenvalue weighted by Crippen LogP contribution is -2.57. The fraction of sp³-hybridized carbons (Fsp3) is 0.933. The summed E-state index contributed by atoms with van der Waals surface area (Å²) < 4.78 is 10.8. The van der Waals surface area contributed by atoms with Crippen LogP contribution in [-0.2, 0) is 9.47 Å². The highest BCUT2D eigenvalue weighted by atomic mass is 16.6. The Hall–Kier alpha value is -0.810. The minimum Gasteiger partial charge on any atom is -0.444 e. The van der Waals surface area contributed by atoms with Gasteiger partial charge in [0.1, 0.15) is 5.60 Å². The first-order valence-corrected chi connectivity index (χ1v) is 7.71. The molecule has 2 fully saturated rings. The van der Waals surface area contributed by atoms with Crippen LogP contribution in [0.4, 0.5) is 4.79 Å². The van der Waals surface area contributed by atoms with E-state index in [4.69, 9.17) is 9.47 Å². The fourth-order valence-electron chi connectivity index (χ4n) is 3.23. The Balaban J connectivity index is 1.90. The number of morpholine rings is 1. The molecule has 1 amide bonds. The smallest absolute Gasteiger partial charge is 0.407 e. The van der Waals surface area contributed by atoms with Gasteiger partial charge >= 0.3 is 6.09 Å². The zero-order valence-corrected chi connectivity index (χ0v) is 13.0. The minimum absolute atomic E-state index is 0.112. The fourth-order valence-corrected chi connectivity index (χ4v) is 3.23. The molecule has 0 aromatic heterocycles. The molecule has 0 aromatic rings. The van der Waals surface area contributed by atoms with E-state index in [0.29, 0.717) is 6.54 Å². The van der Waals surface area contributed by atoms with Gasteiger partial charge in [0, 0.05) is 25.2 Å². The first-order chi connectivity index (χ1) is 9.41. The molecule has 0 bridgehead atoms. The number of alkyl carbamates (subject to hydrolysis) is 1. The van der Waals surface area contributed by atoms with Crippen molar-refractivity contribution in [1.29, 1.82) is 0 Å². The molecule has 1 aliphatic carbocycles. The highest BCUT2D eigenvalue weighted by Gasteiger charge is 2.40. The number of carbonyl (C=O) groups is 1. The van der Waals surface area contributed by atoms with Crippen molar-refractivity contribution in [3.8, 4) is 0 Å². The van der Waals surface area contributed by atoms with Crippen LogP contribution in [0.5, 0.6) is 0 Å². The maximum absolute atomic E-state index is 11.9. The van der Waals surface area contributed by atoms with Crippen molar-refractivity contribution in [3.05, 3.63) is 0 Å². The van der Waals surface area contributed by atoms with Gasteiger partial charge in [0.05, 0.1) is 13.2 Å². The SMILES string of the molecule is CC(C)(C)OC(=O)NCC1(N2CCOCC2)CCCC1. The minimum atomic E-state index is -0.439. The first kappa shape index (κ1) is 15.6. The van der Waals surface area contributed by atoms with E-state index in [1.807, 2.05) is 20.8 Å². The van der Waals surface area contributed by atoms with Crippen LogP contribution in [0.1, 0.15) is 46.5 Å². The topological polar surface area (TPSA) is 50.8 Å². The molecule has 1 heterocycles. The molecule has 5 heteroatoms. The number of ether oxygens (including phenoxy) is 2. The van der Waals surface area contributed by atoms with E-state index < -0.39 is 5.60 Å². The van der Waals surface area contributed by atoms with Crippen molar-refractivity contribution in [2.75, 3.05) is 32.8 Å². The summed E-state index contributed by atoms with van der Waals surface area (Å²) in [5.41, 5.74) is -0.327. The van der Waals surface area contributed by atoms with Crippen molar-refractivity contribution in [3.63, 3.8) is 0 Å².